The number of methoxy groups -OCH3 is 1. The molecule has 0 bridgehead atoms. The highest BCUT2D eigenvalue weighted by Crippen LogP contribution is 2.27. The molecule has 1 fully saturated rings. The van der Waals surface area contributed by atoms with E-state index in [-0.39, 0.29) is 11.9 Å². The lowest BCUT2D eigenvalue weighted by molar-refractivity contribution is 0.0933. The number of carbonyl (C=O) groups is 1. The van der Waals surface area contributed by atoms with Crippen LogP contribution in [0.4, 0.5) is 0 Å². The number of hydrogen-bond donors (Lipinski definition) is 1. The van der Waals surface area contributed by atoms with Gasteiger partial charge in [-0.15, -0.1) is 11.3 Å². The molecule has 1 atom stereocenters. The minimum absolute atomic E-state index is 0.176. The molecule has 0 saturated heterocycles. The van der Waals surface area contributed by atoms with Crippen LogP contribution >= 0.6 is 11.3 Å². The van der Waals surface area contributed by atoms with Gasteiger partial charge in [0.2, 0.25) is 0 Å². The van der Waals surface area contributed by atoms with E-state index < -0.39 is 0 Å². The van der Waals surface area contributed by atoms with Crippen LogP contribution in [0.25, 0.3) is 0 Å². The van der Waals surface area contributed by atoms with E-state index in [2.05, 4.69) is 11.4 Å². The van der Waals surface area contributed by atoms with Crippen molar-refractivity contribution in [2.45, 2.75) is 38.1 Å². The number of hydrogen-bond acceptors (Lipinski definition) is 4. The van der Waals surface area contributed by atoms with Crippen LogP contribution in [0.3, 0.4) is 0 Å². The third-order valence-corrected chi connectivity index (χ3v) is 4.49. The Morgan fingerprint density at radius 2 is 2.26 bits per heavy atom. The monoisotopic (exact) mass is 278 g/mol. The second kappa shape index (κ2) is 6.58. The zero-order chi connectivity index (χ0) is 13.7. The summed E-state index contributed by atoms with van der Waals surface area (Å²) in [6, 6.07) is 3.56. The van der Waals surface area contributed by atoms with E-state index in [0.29, 0.717) is 16.5 Å². The van der Waals surface area contributed by atoms with Gasteiger partial charge in [0.25, 0.3) is 5.91 Å². The molecule has 19 heavy (non-hydrogen) atoms. The van der Waals surface area contributed by atoms with Gasteiger partial charge in [0.15, 0.2) is 0 Å². The minimum Gasteiger partial charge on any atom is -0.496 e. The molecule has 4 nitrogen and oxygen atoms in total. The van der Waals surface area contributed by atoms with Crippen LogP contribution in [0, 0.1) is 17.2 Å². The van der Waals surface area contributed by atoms with Crippen molar-refractivity contribution >= 4 is 17.2 Å². The van der Waals surface area contributed by atoms with E-state index in [9.17, 15) is 10.1 Å². The van der Waals surface area contributed by atoms with Gasteiger partial charge in [0, 0.05) is 11.4 Å². The van der Waals surface area contributed by atoms with E-state index in [1.165, 1.54) is 17.8 Å². The number of thiophene rings is 1. The fraction of sp³-hybridized carbons (Fsp3) is 0.571. The Bertz CT molecular complexity index is 472. The number of ether oxygens (including phenoxy) is 1. The molecule has 0 aliphatic heterocycles. The molecule has 2 rings (SSSR count). The fourth-order valence-electron chi connectivity index (χ4n) is 2.48. The number of amides is 1. The Hall–Kier alpha value is -1.54. The van der Waals surface area contributed by atoms with E-state index in [1.54, 1.807) is 18.6 Å². The maximum atomic E-state index is 12.1. The van der Waals surface area contributed by atoms with Crippen molar-refractivity contribution in [1.29, 1.82) is 5.26 Å². The van der Waals surface area contributed by atoms with Crippen LogP contribution < -0.4 is 10.1 Å². The van der Waals surface area contributed by atoms with Gasteiger partial charge in [-0.2, -0.15) is 5.26 Å². The van der Waals surface area contributed by atoms with Crippen molar-refractivity contribution in [3.05, 3.63) is 16.3 Å². The largest absolute Gasteiger partial charge is 0.496 e. The predicted octanol–water partition coefficient (Wildman–Crippen LogP) is 2.96. The third-order valence-electron chi connectivity index (χ3n) is 3.58. The highest BCUT2D eigenvalue weighted by atomic mass is 32.1. The van der Waals surface area contributed by atoms with Gasteiger partial charge in [-0.1, -0.05) is 19.3 Å². The normalized spacial score (nSPS) is 17.5. The third kappa shape index (κ3) is 3.48. The summed E-state index contributed by atoms with van der Waals surface area (Å²) in [7, 11) is 1.57. The SMILES string of the molecule is COc1csc(C(=O)NC(C#N)C2CCCCC2)c1. The molecule has 1 aliphatic rings. The summed E-state index contributed by atoms with van der Waals surface area (Å²) in [5.74, 6) is 0.802. The predicted molar refractivity (Wildman–Crippen MR) is 74.3 cm³/mol. The van der Waals surface area contributed by atoms with Crippen molar-refractivity contribution in [2.24, 2.45) is 5.92 Å². The van der Waals surface area contributed by atoms with E-state index in [1.807, 2.05) is 0 Å². The molecule has 1 unspecified atom stereocenters. The quantitative estimate of drug-likeness (QED) is 0.921. The zero-order valence-electron chi connectivity index (χ0n) is 11.0. The van der Waals surface area contributed by atoms with Gasteiger partial charge in [-0.3, -0.25) is 4.79 Å². The number of nitrogens with one attached hydrogen (secondary N) is 1. The average molecular weight is 278 g/mol. The Morgan fingerprint density at radius 3 is 2.84 bits per heavy atom. The standard InChI is InChI=1S/C14H18N2O2S/c1-18-11-7-13(19-9-11)14(17)16-12(8-15)10-5-3-2-4-6-10/h7,9-10,12H,2-6H2,1H3,(H,16,17). The van der Waals surface area contributed by atoms with Crippen molar-refractivity contribution in [2.75, 3.05) is 7.11 Å². The molecule has 1 saturated carbocycles. The average Bonchev–Trinajstić information content (AvgIpc) is 2.94. The van der Waals surface area contributed by atoms with E-state index in [0.717, 1.165) is 25.7 Å². The molecule has 102 valence electrons. The van der Waals surface area contributed by atoms with Gasteiger partial charge in [0.05, 0.1) is 18.1 Å². The first-order valence-electron chi connectivity index (χ1n) is 6.57. The highest BCUT2D eigenvalue weighted by molar-refractivity contribution is 7.12. The van der Waals surface area contributed by atoms with Crippen LogP contribution in [-0.4, -0.2) is 19.1 Å². The summed E-state index contributed by atoms with van der Waals surface area (Å²) in [5, 5.41) is 13.9. The molecular weight excluding hydrogens is 260 g/mol. The first-order valence-corrected chi connectivity index (χ1v) is 7.45. The Labute approximate surface area is 117 Å². The van der Waals surface area contributed by atoms with E-state index in [4.69, 9.17) is 4.74 Å². The fourth-order valence-corrected chi connectivity index (χ4v) is 3.24. The van der Waals surface area contributed by atoms with Crippen LogP contribution in [0.5, 0.6) is 5.75 Å². The lowest BCUT2D eigenvalue weighted by atomic mass is 9.84. The summed E-state index contributed by atoms with van der Waals surface area (Å²) < 4.78 is 5.06. The van der Waals surface area contributed by atoms with Gasteiger partial charge in [0.1, 0.15) is 11.8 Å². The molecular formula is C14H18N2O2S. The van der Waals surface area contributed by atoms with Crippen molar-refractivity contribution in [3.63, 3.8) is 0 Å². The molecule has 1 aromatic rings. The molecule has 1 aliphatic carbocycles. The maximum absolute atomic E-state index is 12.1. The molecule has 5 heteroatoms. The first kappa shape index (κ1) is 13.9. The maximum Gasteiger partial charge on any atom is 0.262 e. The lowest BCUT2D eigenvalue weighted by Gasteiger charge is -2.26. The van der Waals surface area contributed by atoms with Crippen molar-refractivity contribution in [1.82, 2.24) is 5.32 Å². The Kier molecular flexibility index (Phi) is 4.80. The van der Waals surface area contributed by atoms with Crippen molar-refractivity contribution < 1.29 is 9.53 Å². The second-order valence-corrected chi connectivity index (χ2v) is 5.74. The Balaban J connectivity index is 1.97. The smallest absolute Gasteiger partial charge is 0.262 e. The summed E-state index contributed by atoms with van der Waals surface area (Å²) in [6.07, 6.45) is 5.63. The second-order valence-electron chi connectivity index (χ2n) is 4.83. The lowest BCUT2D eigenvalue weighted by Crippen LogP contribution is -2.39. The summed E-state index contributed by atoms with van der Waals surface area (Å²) in [6.45, 7) is 0. The number of carbonyl (C=O) groups excluding carboxylic acids is 1. The molecule has 0 spiro atoms. The van der Waals surface area contributed by atoms with E-state index >= 15 is 0 Å². The highest BCUT2D eigenvalue weighted by Gasteiger charge is 2.25. The molecule has 0 aromatic carbocycles. The molecule has 1 heterocycles. The van der Waals surface area contributed by atoms with Crippen LogP contribution in [-0.2, 0) is 0 Å². The van der Waals surface area contributed by atoms with Gasteiger partial charge >= 0.3 is 0 Å². The number of nitrogens with zero attached hydrogens (tertiary/aromatic N) is 1. The molecule has 0 radical (unpaired) electrons. The summed E-state index contributed by atoms with van der Waals surface area (Å²) in [5.41, 5.74) is 0. The Morgan fingerprint density at radius 1 is 1.53 bits per heavy atom. The summed E-state index contributed by atoms with van der Waals surface area (Å²) in [4.78, 5) is 12.7. The van der Waals surface area contributed by atoms with Gasteiger partial charge in [-0.25, -0.2) is 0 Å². The molecule has 1 N–H and O–H groups in total. The van der Waals surface area contributed by atoms with Crippen LogP contribution in [0.1, 0.15) is 41.8 Å². The van der Waals surface area contributed by atoms with Crippen LogP contribution in [0.2, 0.25) is 0 Å². The number of rotatable bonds is 4. The summed E-state index contributed by atoms with van der Waals surface area (Å²) >= 11 is 1.33. The molecule has 1 aromatic heterocycles. The van der Waals surface area contributed by atoms with Crippen LogP contribution in [0.15, 0.2) is 11.4 Å². The van der Waals surface area contributed by atoms with Gasteiger partial charge in [-0.05, 0) is 18.8 Å². The van der Waals surface area contributed by atoms with Crippen molar-refractivity contribution in [3.8, 4) is 11.8 Å². The molecule has 1 amide bonds. The minimum atomic E-state index is -0.374. The first-order chi connectivity index (χ1) is 9.24. The topological polar surface area (TPSA) is 62.1 Å². The van der Waals surface area contributed by atoms with Gasteiger partial charge < -0.3 is 10.1 Å². The number of nitriles is 1. The zero-order valence-corrected chi connectivity index (χ0v) is 11.8.